The van der Waals surface area contributed by atoms with Crippen molar-refractivity contribution in [2.24, 2.45) is 0 Å². The number of nitrogens with one attached hydrogen (secondary N) is 1. The van der Waals surface area contributed by atoms with Crippen LogP contribution < -0.4 is 19.1 Å². The highest BCUT2D eigenvalue weighted by Crippen LogP contribution is 2.29. The molecule has 0 spiro atoms. The molecule has 0 aliphatic carbocycles. The zero-order chi connectivity index (χ0) is 21.7. The molecule has 1 amide bonds. The number of benzene rings is 2. The number of sulfonamides is 1. The van der Waals surface area contributed by atoms with Gasteiger partial charge in [-0.15, -0.1) is 0 Å². The van der Waals surface area contributed by atoms with Crippen molar-refractivity contribution in [3.8, 4) is 11.5 Å². The van der Waals surface area contributed by atoms with E-state index in [0.717, 1.165) is 5.69 Å². The second-order valence-electron chi connectivity index (χ2n) is 7.01. The summed E-state index contributed by atoms with van der Waals surface area (Å²) in [5, 5.41) is 0. The number of amides is 1. The smallest absolute Gasteiger partial charge is 0.241 e. The predicted molar refractivity (Wildman–Crippen MR) is 115 cm³/mol. The van der Waals surface area contributed by atoms with Crippen LogP contribution in [0.15, 0.2) is 53.4 Å². The van der Waals surface area contributed by atoms with E-state index in [1.807, 2.05) is 30.3 Å². The van der Waals surface area contributed by atoms with Crippen LogP contribution in [-0.4, -0.2) is 65.7 Å². The van der Waals surface area contributed by atoms with Gasteiger partial charge in [0.2, 0.25) is 15.9 Å². The third-order valence-corrected chi connectivity index (χ3v) is 6.62. The minimum atomic E-state index is -3.90. The number of ether oxygens (including phenoxy) is 2. The first kappa shape index (κ1) is 21.9. The van der Waals surface area contributed by atoms with Crippen LogP contribution in [0.4, 0.5) is 5.69 Å². The first-order valence-corrected chi connectivity index (χ1v) is 11.2. The van der Waals surface area contributed by atoms with Gasteiger partial charge in [0.15, 0.2) is 11.5 Å². The zero-order valence-electron chi connectivity index (χ0n) is 17.4. The van der Waals surface area contributed by atoms with E-state index in [9.17, 15) is 13.2 Å². The summed E-state index contributed by atoms with van der Waals surface area (Å²) in [5.74, 6) is 0.486. The Morgan fingerprint density at radius 3 is 2.20 bits per heavy atom. The first-order valence-electron chi connectivity index (χ1n) is 9.69. The number of nitrogens with zero attached hydrogens (tertiary/aromatic N) is 2. The molecule has 3 rings (SSSR count). The fourth-order valence-electron chi connectivity index (χ4n) is 3.43. The van der Waals surface area contributed by atoms with Gasteiger partial charge < -0.3 is 19.3 Å². The molecule has 30 heavy (non-hydrogen) atoms. The van der Waals surface area contributed by atoms with Gasteiger partial charge in [0.25, 0.3) is 0 Å². The second kappa shape index (κ2) is 9.36. The van der Waals surface area contributed by atoms with Crippen LogP contribution in [0.2, 0.25) is 0 Å². The Balaban J connectivity index is 1.62. The van der Waals surface area contributed by atoms with Crippen molar-refractivity contribution in [2.45, 2.75) is 17.9 Å². The highest BCUT2D eigenvalue weighted by atomic mass is 32.2. The van der Waals surface area contributed by atoms with Crippen LogP contribution >= 0.6 is 0 Å². The van der Waals surface area contributed by atoms with E-state index in [4.69, 9.17) is 9.47 Å². The summed E-state index contributed by atoms with van der Waals surface area (Å²) in [5.41, 5.74) is 1.12. The van der Waals surface area contributed by atoms with Crippen LogP contribution in [0.1, 0.15) is 6.92 Å². The Bertz CT molecular complexity index is 973. The summed E-state index contributed by atoms with van der Waals surface area (Å²) in [7, 11) is -0.990. The number of carbonyl (C=O) groups is 1. The number of carbonyl (C=O) groups excluding carboxylic acids is 1. The SMILES string of the molecule is COc1ccc(S(=O)(=O)N[C@H](C)C(=O)N2CCN(c3ccccc3)CC2)cc1OC. The molecule has 8 nitrogen and oxygen atoms in total. The van der Waals surface area contributed by atoms with Crippen molar-refractivity contribution in [3.05, 3.63) is 48.5 Å². The Morgan fingerprint density at radius 2 is 1.60 bits per heavy atom. The quantitative estimate of drug-likeness (QED) is 0.715. The number of methoxy groups -OCH3 is 2. The maximum atomic E-state index is 12.8. The minimum Gasteiger partial charge on any atom is -0.493 e. The highest BCUT2D eigenvalue weighted by molar-refractivity contribution is 7.89. The molecule has 1 N–H and O–H groups in total. The van der Waals surface area contributed by atoms with Gasteiger partial charge in [0.1, 0.15) is 0 Å². The first-order chi connectivity index (χ1) is 14.4. The Labute approximate surface area is 177 Å². The molecule has 1 atom stereocenters. The molecule has 0 saturated carbocycles. The largest absolute Gasteiger partial charge is 0.493 e. The molecule has 1 heterocycles. The zero-order valence-corrected chi connectivity index (χ0v) is 18.2. The Morgan fingerprint density at radius 1 is 0.967 bits per heavy atom. The number of hydrogen-bond acceptors (Lipinski definition) is 6. The van der Waals surface area contributed by atoms with Gasteiger partial charge >= 0.3 is 0 Å². The summed E-state index contributed by atoms with van der Waals surface area (Å²) < 4.78 is 38.3. The Hall–Kier alpha value is -2.78. The summed E-state index contributed by atoms with van der Waals surface area (Å²) in [6, 6.07) is 13.4. The molecule has 162 valence electrons. The molecule has 1 aliphatic rings. The second-order valence-corrected chi connectivity index (χ2v) is 8.72. The molecule has 0 radical (unpaired) electrons. The molecular formula is C21H27N3O5S. The fraction of sp³-hybridized carbons (Fsp3) is 0.381. The van der Waals surface area contributed by atoms with Crippen LogP contribution in [0.3, 0.4) is 0 Å². The van der Waals surface area contributed by atoms with Crippen molar-refractivity contribution in [3.63, 3.8) is 0 Å². The van der Waals surface area contributed by atoms with Gasteiger partial charge in [-0.3, -0.25) is 4.79 Å². The fourth-order valence-corrected chi connectivity index (χ4v) is 4.64. The lowest BCUT2D eigenvalue weighted by molar-refractivity contribution is -0.132. The van der Waals surface area contributed by atoms with Crippen molar-refractivity contribution in [1.29, 1.82) is 0 Å². The third kappa shape index (κ3) is 4.85. The van der Waals surface area contributed by atoms with Crippen LogP contribution in [0, 0.1) is 0 Å². The molecule has 1 saturated heterocycles. The Kier molecular flexibility index (Phi) is 6.84. The lowest BCUT2D eigenvalue weighted by Gasteiger charge is -2.37. The van der Waals surface area contributed by atoms with Crippen molar-refractivity contribution >= 4 is 21.6 Å². The van der Waals surface area contributed by atoms with Gasteiger partial charge in [0, 0.05) is 37.9 Å². The molecule has 1 aliphatic heterocycles. The van der Waals surface area contributed by atoms with E-state index >= 15 is 0 Å². The molecule has 0 bridgehead atoms. The van der Waals surface area contributed by atoms with E-state index in [0.29, 0.717) is 37.7 Å². The normalized spacial score (nSPS) is 15.6. The summed E-state index contributed by atoms with van der Waals surface area (Å²) in [6.07, 6.45) is 0. The van der Waals surface area contributed by atoms with Crippen molar-refractivity contribution < 1.29 is 22.7 Å². The van der Waals surface area contributed by atoms with Gasteiger partial charge in [-0.25, -0.2) is 8.42 Å². The van der Waals surface area contributed by atoms with E-state index in [1.165, 1.54) is 32.4 Å². The standard InChI is InChI=1S/C21H27N3O5S/c1-16(22-30(26,27)18-9-10-19(28-2)20(15-18)29-3)21(25)24-13-11-23(12-14-24)17-7-5-4-6-8-17/h4-10,15-16,22H,11-14H2,1-3H3/t16-/m1/s1. The number of para-hydroxylation sites is 1. The summed E-state index contributed by atoms with van der Waals surface area (Å²) >= 11 is 0. The molecule has 0 aromatic heterocycles. The van der Waals surface area contributed by atoms with Crippen LogP contribution in [0.5, 0.6) is 11.5 Å². The average Bonchev–Trinajstić information content (AvgIpc) is 2.78. The maximum absolute atomic E-state index is 12.8. The van der Waals surface area contributed by atoms with E-state index in [-0.39, 0.29) is 10.8 Å². The number of rotatable bonds is 7. The molecule has 2 aromatic rings. The molecule has 1 fully saturated rings. The topological polar surface area (TPSA) is 88.2 Å². The molecular weight excluding hydrogens is 406 g/mol. The summed E-state index contributed by atoms with van der Waals surface area (Å²) in [4.78, 5) is 16.7. The lowest BCUT2D eigenvalue weighted by atomic mass is 10.2. The molecule has 9 heteroatoms. The van der Waals surface area contributed by atoms with Gasteiger partial charge in [-0.05, 0) is 31.2 Å². The van der Waals surface area contributed by atoms with E-state index in [1.54, 1.807) is 11.8 Å². The predicted octanol–water partition coefficient (Wildman–Crippen LogP) is 1.72. The number of piperazine rings is 1. The average molecular weight is 434 g/mol. The monoisotopic (exact) mass is 433 g/mol. The molecule has 0 unspecified atom stereocenters. The minimum absolute atomic E-state index is 0.00805. The maximum Gasteiger partial charge on any atom is 0.241 e. The lowest BCUT2D eigenvalue weighted by Crippen LogP contribution is -2.54. The van der Waals surface area contributed by atoms with Gasteiger partial charge in [-0.2, -0.15) is 4.72 Å². The van der Waals surface area contributed by atoms with Gasteiger partial charge in [-0.1, -0.05) is 18.2 Å². The highest BCUT2D eigenvalue weighted by Gasteiger charge is 2.28. The van der Waals surface area contributed by atoms with Gasteiger partial charge in [0.05, 0.1) is 25.2 Å². The van der Waals surface area contributed by atoms with Crippen molar-refractivity contribution in [1.82, 2.24) is 9.62 Å². The van der Waals surface area contributed by atoms with Crippen LogP contribution in [-0.2, 0) is 14.8 Å². The van der Waals surface area contributed by atoms with Crippen LogP contribution in [0.25, 0.3) is 0 Å². The number of hydrogen-bond donors (Lipinski definition) is 1. The molecule has 2 aromatic carbocycles. The number of anilines is 1. The van der Waals surface area contributed by atoms with Crippen molar-refractivity contribution in [2.75, 3.05) is 45.3 Å². The summed E-state index contributed by atoms with van der Waals surface area (Å²) in [6.45, 7) is 4.03. The van der Waals surface area contributed by atoms with E-state index in [2.05, 4.69) is 9.62 Å². The third-order valence-electron chi connectivity index (χ3n) is 5.08. The van der Waals surface area contributed by atoms with E-state index < -0.39 is 16.1 Å².